The Labute approximate surface area is 129 Å². The van der Waals surface area contributed by atoms with Crippen molar-refractivity contribution >= 4 is 23.3 Å². The van der Waals surface area contributed by atoms with E-state index in [1.165, 1.54) is 17.5 Å². The quantitative estimate of drug-likeness (QED) is 0.844. The number of ether oxygens (including phenoxy) is 2. The fourth-order valence-electron chi connectivity index (χ4n) is 1.67. The maximum absolute atomic E-state index is 12.0. The fourth-order valence-corrected chi connectivity index (χ4v) is 2.48. The number of nitrogens with zero attached hydrogens (tertiary/aromatic N) is 1. The van der Waals surface area contributed by atoms with Gasteiger partial charge in [-0.2, -0.15) is 0 Å². The molecule has 0 saturated heterocycles. The van der Waals surface area contributed by atoms with E-state index >= 15 is 0 Å². The Morgan fingerprint density at radius 1 is 1.18 bits per heavy atom. The molecule has 0 radical (unpaired) electrons. The molecule has 0 aromatic carbocycles. The van der Waals surface area contributed by atoms with Crippen molar-refractivity contribution < 1.29 is 19.1 Å². The summed E-state index contributed by atoms with van der Waals surface area (Å²) in [6, 6.07) is 2.92. The SMILES string of the molecule is CCOC(=O)c1csc(-c2ccc(C(=O)OCC)[nH]c2=O)n1. The van der Waals surface area contributed by atoms with Crippen LogP contribution in [-0.2, 0) is 9.47 Å². The number of thiazole rings is 1. The van der Waals surface area contributed by atoms with Crippen LogP contribution < -0.4 is 5.56 Å². The van der Waals surface area contributed by atoms with Crippen molar-refractivity contribution in [2.24, 2.45) is 0 Å². The molecule has 8 heteroatoms. The van der Waals surface area contributed by atoms with Gasteiger partial charge in [-0.25, -0.2) is 14.6 Å². The van der Waals surface area contributed by atoms with E-state index < -0.39 is 17.5 Å². The molecule has 2 rings (SSSR count). The first-order valence-corrected chi connectivity index (χ1v) is 7.48. The van der Waals surface area contributed by atoms with Crippen LogP contribution in [0.4, 0.5) is 0 Å². The standard InChI is InChI=1S/C14H14N2O5S/c1-3-20-13(18)9-6-5-8(11(17)15-9)12-16-10(7-22-12)14(19)21-4-2/h5-7H,3-4H2,1-2H3,(H,15,17). The highest BCUT2D eigenvalue weighted by atomic mass is 32.1. The van der Waals surface area contributed by atoms with Crippen LogP contribution in [0.25, 0.3) is 10.6 Å². The third kappa shape index (κ3) is 3.40. The van der Waals surface area contributed by atoms with Gasteiger partial charge in [0.1, 0.15) is 10.7 Å². The molecule has 0 aliphatic rings. The van der Waals surface area contributed by atoms with Gasteiger partial charge in [0.05, 0.1) is 18.8 Å². The van der Waals surface area contributed by atoms with E-state index in [9.17, 15) is 14.4 Å². The maximum atomic E-state index is 12.0. The van der Waals surface area contributed by atoms with Crippen molar-refractivity contribution in [3.05, 3.63) is 39.3 Å². The average Bonchev–Trinajstić information content (AvgIpc) is 2.97. The van der Waals surface area contributed by atoms with Crippen LogP contribution in [-0.4, -0.2) is 35.1 Å². The molecule has 2 heterocycles. The fraction of sp³-hybridized carbons (Fsp3) is 0.286. The number of pyridine rings is 1. The van der Waals surface area contributed by atoms with Crippen LogP contribution in [0.1, 0.15) is 34.8 Å². The normalized spacial score (nSPS) is 10.3. The molecular formula is C14H14N2O5S. The summed E-state index contributed by atoms with van der Waals surface area (Å²) < 4.78 is 9.65. The maximum Gasteiger partial charge on any atom is 0.357 e. The zero-order chi connectivity index (χ0) is 16.1. The number of aromatic amines is 1. The predicted molar refractivity (Wildman–Crippen MR) is 80.1 cm³/mol. The molecule has 0 fully saturated rings. The Morgan fingerprint density at radius 3 is 2.50 bits per heavy atom. The van der Waals surface area contributed by atoms with Gasteiger partial charge in [-0.3, -0.25) is 4.79 Å². The molecule has 0 aliphatic carbocycles. The Bertz CT molecular complexity index is 750. The third-order valence-corrected chi connectivity index (χ3v) is 3.50. The summed E-state index contributed by atoms with van der Waals surface area (Å²) in [4.78, 5) is 41.7. The number of carbonyl (C=O) groups excluding carboxylic acids is 2. The van der Waals surface area contributed by atoms with Gasteiger partial charge >= 0.3 is 11.9 Å². The second-order valence-electron chi connectivity index (χ2n) is 4.09. The lowest BCUT2D eigenvalue weighted by molar-refractivity contribution is 0.0510. The number of carbonyl (C=O) groups is 2. The van der Waals surface area contributed by atoms with Gasteiger partial charge in [0, 0.05) is 5.38 Å². The first-order chi connectivity index (χ1) is 10.6. The van der Waals surface area contributed by atoms with E-state index in [0.29, 0.717) is 5.01 Å². The van der Waals surface area contributed by atoms with E-state index in [2.05, 4.69) is 9.97 Å². The zero-order valence-corrected chi connectivity index (χ0v) is 12.9. The van der Waals surface area contributed by atoms with Crippen LogP contribution >= 0.6 is 11.3 Å². The topological polar surface area (TPSA) is 98.4 Å². The lowest BCUT2D eigenvalue weighted by atomic mass is 10.2. The van der Waals surface area contributed by atoms with Gasteiger partial charge in [0.15, 0.2) is 5.69 Å². The number of aromatic nitrogens is 2. The highest BCUT2D eigenvalue weighted by Crippen LogP contribution is 2.21. The summed E-state index contributed by atoms with van der Waals surface area (Å²) in [5, 5.41) is 1.89. The number of H-pyrrole nitrogens is 1. The van der Waals surface area contributed by atoms with E-state index in [-0.39, 0.29) is 30.2 Å². The number of hydrogen-bond acceptors (Lipinski definition) is 7. The molecule has 116 valence electrons. The summed E-state index contributed by atoms with van der Waals surface area (Å²) in [5.41, 5.74) is 0.0115. The summed E-state index contributed by atoms with van der Waals surface area (Å²) >= 11 is 1.15. The highest BCUT2D eigenvalue weighted by Gasteiger charge is 2.16. The second-order valence-corrected chi connectivity index (χ2v) is 4.95. The molecule has 0 bridgehead atoms. The van der Waals surface area contributed by atoms with Crippen LogP contribution in [0.2, 0.25) is 0 Å². The molecule has 0 saturated carbocycles. The summed E-state index contributed by atoms with van der Waals surface area (Å²) in [6.45, 7) is 3.85. The monoisotopic (exact) mass is 322 g/mol. The molecular weight excluding hydrogens is 308 g/mol. The molecule has 1 N–H and O–H groups in total. The summed E-state index contributed by atoms with van der Waals surface area (Å²) in [7, 11) is 0. The van der Waals surface area contributed by atoms with Crippen molar-refractivity contribution in [3.8, 4) is 10.6 Å². The van der Waals surface area contributed by atoms with Gasteiger partial charge in [-0.15, -0.1) is 11.3 Å². The number of rotatable bonds is 5. The minimum Gasteiger partial charge on any atom is -0.461 e. The first kappa shape index (κ1) is 15.9. The van der Waals surface area contributed by atoms with Gasteiger partial charge < -0.3 is 14.5 Å². The van der Waals surface area contributed by atoms with Gasteiger partial charge in [-0.1, -0.05) is 0 Å². The predicted octanol–water partition coefficient (Wildman–Crippen LogP) is 1.85. The Balaban J connectivity index is 2.28. The molecule has 2 aromatic rings. The van der Waals surface area contributed by atoms with Crippen molar-refractivity contribution in [1.82, 2.24) is 9.97 Å². The Hall–Kier alpha value is -2.48. The first-order valence-electron chi connectivity index (χ1n) is 6.60. The summed E-state index contributed by atoms with van der Waals surface area (Å²) in [5.74, 6) is -1.14. The Morgan fingerprint density at radius 2 is 1.86 bits per heavy atom. The van der Waals surface area contributed by atoms with E-state index in [4.69, 9.17) is 9.47 Å². The zero-order valence-electron chi connectivity index (χ0n) is 12.0. The van der Waals surface area contributed by atoms with Crippen molar-refractivity contribution in [3.63, 3.8) is 0 Å². The van der Waals surface area contributed by atoms with Gasteiger partial charge in [-0.05, 0) is 26.0 Å². The molecule has 0 unspecified atom stereocenters. The molecule has 22 heavy (non-hydrogen) atoms. The van der Waals surface area contributed by atoms with Gasteiger partial charge in [0.2, 0.25) is 0 Å². The largest absolute Gasteiger partial charge is 0.461 e. The van der Waals surface area contributed by atoms with E-state index in [0.717, 1.165) is 11.3 Å². The molecule has 2 aromatic heterocycles. The minimum atomic E-state index is -0.600. The van der Waals surface area contributed by atoms with Crippen LogP contribution in [0, 0.1) is 0 Å². The lowest BCUT2D eigenvalue weighted by Crippen LogP contribution is -2.16. The highest BCUT2D eigenvalue weighted by molar-refractivity contribution is 7.13. The number of hydrogen-bond donors (Lipinski definition) is 1. The van der Waals surface area contributed by atoms with Crippen molar-refractivity contribution in [1.29, 1.82) is 0 Å². The van der Waals surface area contributed by atoms with Crippen LogP contribution in [0.15, 0.2) is 22.3 Å². The smallest absolute Gasteiger partial charge is 0.357 e. The Kier molecular flexibility index (Phi) is 5.05. The van der Waals surface area contributed by atoms with E-state index in [1.807, 2.05) is 0 Å². The van der Waals surface area contributed by atoms with Crippen LogP contribution in [0.5, 0.6) is 0 Å². The van der Waals surface area contributed by atoms with E-state index in [1.54, 1.807) is 13.8 Å². The third-order valence-electron chi connectivity index (χ3n) is 2.62. The van der Waals surface area contributed by atoms with Crippen molar-refractivity contribution in [2.45, 2.75) is 13.8 Å². The van der Waals surface area contributed by atoms with Crippen LogP contribution in [0.3, 0.4) is 0 Å². The second kappa shape index (κ2) is 6.99. The summed E-state index contributed by atoms with van der Waals surface area (Å²) in [6.07, 6.45) is 0. The molecule has 0 atom stereocenters. The minimum absolute atomic E-state index is 0.0674. The average molecular weight is 322 g/mol. The van der Waals surface area contributed by atoms with Crippen molar-refractivity contribution in [2.75, 3.05) is 13.2 Å². The molecule has 0 amide bonds. The molecule has 0 spiro atoms. The lowest BCUT2D eigenvalue weighted by Gasteiger charge is -2.02. The van der Waals surface area contributed by atoms with Gasteiger partial charge in [0.25, 0.3) is 5.56 Å². The number of nitrogens with one attached hydrogen (secondary N) is 1. The number of esters is 2. The molecule has 7 nitrogen and oxygen atoms in total. The molecule has 0 aliphatic heterocycles.